The second-order valence-corrected chi connectivity index (χ2v) is 5.52. The van der Waals surface area contributed by atoms with Crippen LogP contribution in [0.15, 0.2) is 18.2 Å². The maximum Gasteiger partial charge on any atom is 0.138 e. The molecule has 1 saturated heterocycles. The van der Waals surface area contributed by atoms with Gasteiger partial charge in [-0.2, -0.15) is 0 Å². The van der Waals surface area contributed by atoms with E-state index in [0.29, 0.717) is 31.8 Å². The van der Waals surface area contributed by atoms with Gasteiger partial charge in [0.1, 0.15) is 11.4 Å². The summed E-state index contributed by atoms with van der Waals surface area (Å²) in [5, 5.41) is 3.31. The van der Waals surface area contributed by atoms with E-state index in [1.165, 1.54) is 0 Å². The van der Waals surface area contributed by atoms with Gasteiger partial charge in [0.15, 0.2) is 0 Å². The molecule has 0 aromatic heterocycles. The van der Waals surface area contributed by atoms with Crippen LogP contribution in [-0.4, -0.2) is 32.4 Å². The van der Waals surface area contributed by atoms with Crippen molar-refractivity contribution in [3.05, 3.63) is 29.3 Å². The van der Waals surface area contributed by atoms with E-state index < -0.39 is 5.67 Å². The number of morpholine rings is 1. The Labute approximate surface area is 113 Å². The summed E-state index contributed by atoms with van der Waals surface area (Å²) in [5.41, 5.74) is 0.401. The lowest BCUT2D eigenvalue weighted by Gasteiger charge is -2.30. The first kappa shape index (κ1) is 12.9. The molecule has 3 rings (SSSR count). The molecular weight excluding hydrogens is 245 g/mol. The second kappa shape index (κ2) is 5.10. The Morgan fingerprint density at radius 1 is 1.42 bits per heavy atom. The van der Waals surface area contributed by atoms with Gasteiger partial charge in [0.05, 0.1) is 19.8 Å². The molecule has 0 saturated carbocycles. The van der Waals surface area contributed by atoms with Crippen molar-refractivity contribution in [2.75, 3.05) is 26.4 Å². The van der Waals surface area contributed by atoms with Crippen molar-refractivity contribution in [1.29, 1.82) is 0 Å². The maximum atomic E-state index is 15.1. The molecule has 0 spiro atoms. The summed E-state index contributed by atoms with van der Waals surface area (Å²) in [5.74, 6) is 0.754. The molecule has 4 heteroatoms. The summed E-state index contributed by atoms with van der Waals surface area (Å²) in [7, 11) is 0. The third kappa shape index (κ3) is 2.60. The number of hydrogen-bond donors (Lipinski definition) is 1. The van der Waals surface area contributed by atoms with Gasteiger partial charge in [-0.1, -0.05) is 18.2 Å². The highest BCUT2D eigenvalue weighted by Gasteiger charge is 2.35. The van der Waals surface area contributed by atoms with Crippen LogP contribution in [0.25, 0.3) is 0 Å². The van der Waals surface area contributed by atoms with E-state index in [0.717, 1.165) is 24.3 Å². The van der Waals surface area contributed by atoms with Gasteiger partial charge in [-0.25, -0.2) is 4.39 Å². The lowest BCUT2D eigenvalue weighted by atomic mass is 9.88. The SMILES string of the molecule is CC(F)(CC1COCCN1)c1cccc2c1OCC2. The topological polar surface area (TPSA) is 30.5 Å². The number of alkyl halides is 1. The zero-order chi connectivity index (χ0) is 13.3. The summed E-state index contributed by atoms with van der Waals surface area (Å²) in [4.78, 5) is 0. The largest absolute Gasteiger partial charge is 0.493 e. The van der Waals surface area contributed by atoms with Crippen molar-refractivity contribution in [3.63, 3.8) is 0 Å². The average Bonchev–Trinajstić information content (AvgIpc) is 2.87. The quantitative estimate of drug-likeness (QED) is 0.908. The summed E-state index contributed by atoms with van der Waals surface area (Å²) < 4.78 is 26.1. The Bertz CT molecular complexity index is 455. The van der Waals surface area contributed by atoms with Gasteiger partial charge in [-0.3, -0.25) is 0 Å². The lowest BCUT2D eigenvalue weighted by Crippen LogP contribution is -2.44. The smallest absolute Gasteiger partial charge is 0.138 e. The Morgan fingerprint density at radius 3 is 3.11 bits per heavy atom. The van der Waals surface area contributed by atoms with E-state index in [1.807, 2.05) is 18.2 Å². The van der Waals surface area contributed by atoms with Crippen LogP contribution in [-0.2, 0) is 16.8 Å². The Kier molecular flexibility index (Phi) is 3.46. The summed E-state index contributed by atoms with van der Waals surface area (Å²) in [6.07, 6.45) is 1.29. The number of rotatable bonds is 3. The van der Waals surface area contributed by atoms with Crippen LogP contribution in [0.3, 0.4) is 0 Å². The predicted molar refractivity (Wildman–Crippen MR) is 71.3 cm³/mol. The van der Waals surface area contributed by atoms with Crippen LogP contribution in [0.5, 0.6) is 5.75 Å². The molecule has 2 heterocycles. The fourth-order valence-corrected chi connectivity index (χ4v) is 2.95. The molecule has 0 aliphatic carbocycles. The molecule has 2 atom stereocenters. The third-order valence-electron chi connectivity index (χ3n) is 3.90. The molecule has 0 amide bonds. The highest BCUT2D eigenvalue weighted by molar-refractivity contribution is 5.46. The van der Waals surface area contributed by atoms with Gasteiger partial charge in [-0.15, -0.1) is 0 Å². The van der Waals surface area contributed by atoms with Gasteiger partial charge in [-0.05, 0) is 12.5 Å². The molecule has 3 nitrogen and oxygen atoms in total. The molecule has 1 fully saturated rings. The van der Waals surface area contributed by atoms with Gasteiger partial charge < -0.3 is 14.8 Å². The molecule has 1 N–H and O–H groups in total. The Balaban J connectivity index is 1.81. The van der Waals surface area contributed by atoms with Gasteiger partial charge in [0.2, 0.25) is 0 Å². The van der Waals surface area contributed by atoms with E-state index in [1.54, 1.807) is 6.92 Å². The van der Waals surface area contributed by atoms with Crippen LogP contribution >= 0.6 is 0 Å². The number of nitrogens with one attached hydrogen (secondary N) is 1. The summed E-state index contributed by atoms with van der Waals surface area (Å²) in [6, 6.07) is 5.85. The van der Waals surface area contributed by atoms with E-state index in [4.69, 9.17) is 9.47 Å². The lowest BCUT2D eigenvalue weighted by molar-refractivity contribution is 0.0468. The Morgan fingerprint density at radius 2 is 2.32 bits per heavy atom. The minimum Gasteiger partial charge on any atom is -0.493 e. The van der Waals surface area contributed by atoms with Crippen molar-refractivity contribution in [2.45, 2.75) is 31.5 Å². The zero-order valence-corrected chi connectivity index (χ0v) is 11.2. The fraction of sp³-hybridized carbons (Fsp3) is 0.600. The molecule has 2 unspecified atom stereocenters. The minimum absolute atomic E-state index is 0.0704. The molecule has 0 bridgehead atoms. The van der Waals surface area contributed by atoms with Gasteiger partial charge >= 0.3 is 0 Å². The van der Waals surface area contributed by atoms with Gasteiger partial charge in [0, 0.05) is 31.0 Å². The number of hydrogen-bond acceptors (Lipinski definition) is 3. The van der Waals surface area contributed by atoms with Crippen LogP contribution in [0, 0.1) is 0 Å². The fourth-order valence-electron chi connectivity index (χ4n) is 2.95. The van der Waals surface area contributed by atoms with Gasteiger partial charge in [0.25, 0.3) is 0 Å². The van der Waals surface area contributed by atoms with Crippen molar-refractivity contribution in [1.82, 2.24) is 5.32 Å². The van der Waals surface area contributed by atoms with E-state index in [9.17, 15) is 0 Å². The molecule has 19 heavy (non-hydrogen) atoms. The molecule has 1 aromatic carbocycles. The van der Waals surface area contributed by atoms with Crippen molar-refractivity contribution < 1.29 is 13.9 Å². The van der Waals surface area contributed by atoms with Crippen molar-refractivity contribution >= 4 is 0 Å². The molecule has 0 radical (unpaired) electrons. The number of halogens is 1. The normalized spacial score (nSPS) is 25.5. The van der Waals surface area contributed by atoms with Crippen molar-refractivity contribution in [3.8, 4) is 5.75 Å². The van der Waals surface area contributed by atoms with Crippen LogP contribution in [0.2, 0.25) is 0 Å². The number of fused-ring (bicyclic) bond motifs is 1. The molecule has 1 aromatic rings. The summed E-state index contributed by atoms with van der Waals surface area (Å²) >= 11 is 0. The third-order valence-corrected chi connectivity index (χ3v) is 3.90. The van der Waals surface area contributed by atoms with Crippen LogP contribution in [0.4, 0.5) is 4.39 Å². The standard InChI is InChI=1S/C15H20FNO2/c1-15(16,9-12-10-18-8-6-17-12)13-4-2-3-11-5-7-19-14(11)13/h2-4,12,17H,5-10H2,1H3. The first-order chi connectivity index (χ1) is 9.17. The maximum absolute atomic E-state index is 15.1. The number of benzene rings is 1. The van der Waals surface area contributed by atoms with Crippen LogP contribution in [0.1, 0.15) is 24.5 Å². The second-order valence-electron chi connectivity index (χ2n) is 5.52. The summed E-state index contributed by atoms with van der Waals surface area (Å²) in [6.45, 7) is 4.39. The van der Waals surface area contributed by atoms with Crippen LogP contribution < -0.4 is 10.1 Å². The molecule has 104 valence electrons. The average molecular weight is 265 g/mol. The number of para-hydroxylation sites is 1. The Hall–Kier alpha value is -1.13. The zero-order valence-electron chi connectivity index (χ0n) is 11.2. The van der Waals surface area contributed by atoms with E-state index in [2.05, 4.69) is 5.32 Å². The van der Waals surface area contributed by atoms with E-state index in [-0.39, 0.29) is 6.04 Å². The molecule has 2 aliphatic rings. The first-order valence-electron chi connectivity index (χ1n) is 6.92. The number of ether oxygens (including phenoxy) is 2. The molecular formula is C15H20FNO2. The highest BCUT2D eigenvalue weighted by atomic mass is 19.1. The highest BCUT2D eigenvalue weighted by Crippen LogP contribution is 2.41. The first-order valence-corrected chi connectivity index (χ1v) is 6.92. The molecule has 2 aliphatic heterocycles. The monoisotopic (exact) mass is 265 g/mol. The van der Waals surface area contributed by atoms with E-state index >= 15 is 4.39 Å². The predicted octanol–water partition coefficient (Wildman–Crippen LogP) is 2.18. The minimum atomic E-state index is -1.39. The van der Waals surface area contributed by atoms with Crippen molar-refractivity contribution in [2.24, 2.45) is 0 Å².